The van der Waals surface area contributed by atoms with Crippen LogP contribution in [0.4, 0.5) is 11.4 Å². The number of nitrogens with one attached hydrogen (secondary N) is 1. The molecule has 0 unspecified atom stereocenters. The fourth-order valence-corrected chi connectivity index (χ4v) is 3.10. The Balaban J connectivity index is 1.56. The Morgan fingerprint density at radius 1 is 1.19 bits per heavy atom. The van der Waals surface area contributed by atoms with Crippen molar-refractivity contribution < 1.29 is 14.3 Å². The number of ether oxygens (including phenoxy) is 2. The van der Waals surface area contributed by atoms with E-state index in [1.54, 1.807) is 0 Å². The van der Waals surface area contributed by atoms with Gasteiger partial charge in [0.05, 0.1) is 13.2 Å². The van der Waals surface area contributed by atoms with Crippen molar-refractivity contribution >= 4 is 17.3 Å². The molecule has 0 aliphatic carbocycles. The largest absolute Gasteiger partial charge is 0.484 e. The van der Waals surface area contributed by atoms with Crippen LogP contribution in [0.5, 0.6) is 5.75 Å². The molecule has 0 radical (unpaired) electrons. The lowest BCUT2D eigenvalue weighted by Crippen LogP contribution is -2.36. The minimum absolute atomic E-state index is 0.00773. The van der Waals surface area contributed by atoms with E-state index in [2.05, 4.69) is 36.2 Å². The molecule has 5 heteroatoms. The van der Waals surface area contributed by atoms with Crippen LogP contribution in [0.1, 0.15) is 30.9 Å². The molecule has 1 N–H and O–H groups in total. The van der Waals surface area contributed by atoms with Crippen LogP contribution in [0.3, 0.4) is 0 Å². The molecular formula is C22H28N2O3. The molecule has 1 amide bonds. The molecular weight excluding hydrogens is 340 g/mol. The molecule has 0 bridgehead atoms. The van der Waals surface area contributed by atoms with E-state index in [1.165, 1.54) is 5.56 Å². The molecule has 2 aromatic rings. The summed E-state index contributed by atoms with van der Waals surface area (Å²) in [5, 5.41) is 2.94. The molecule has 3 rings (SSSR count). The second kappa shape index (κ2) is 8.91. The zero-order valence-electron chi connectivity index (χ0n) is 16.3. The number of carbonyl (C=O) groups excluding carboxylic acids is 1. The van der Waals surface area contributed by atoms with Gasteiger partial charge in [-0.15, -0.1) is 0 Å². The van der Waals surface area contributed by atoms with Crippen LogP contribution < -0.4 is 15.0 Å². The first-order valence-corrected chi connectivity index (χ1v) is 9.49. The van der Waals surface area contributed by atoms with Gasteiger partial charge in [-0.1, -0.05) is 26.0 Å². The van der Waals surface area contributed by atoms with Crippen LogP contribution in [-0.2, 0) is 9.53 Å². The van der Waals surface area contributed by atoms with Crippen molar-refractivity contribution in [1.82, 2.24) is 0 Å². The third kappa shape index (κ3) is 5.23. The van der Waals surface area contributed by atoms with Gasteiger partial charge in [0, 0.05) is 24.5 Å². The fraction of sp³-hybridized carbons (Fsp3) is 0.409. The van der Waals surface area contributed by atoms with E-state index in [-0.39, 0.29) is 12.5 Å². The molecule has 144 valence electrons. The van der Waals surface area contributed by atoms with Crippen LogP contribution in [0.25, 0.3) is 0 Å². The number of rotatable bonds is 6. The van der Waals surface area contributed by atoms with Crippen molar-refractivity contribution in [3.8, 4) is 5.75 Å². The average Bonchev–Trinajstić information content (AvgIpc) is 2.69. The van der Waals surface area contributed by atoms with Gasteiger partial charge in [-0.05, 0) is 54.3 Å². The number of benzene rings is 2. The zero-order valence-corrected chi connectivity index (χ0v) is 16.3. The van der Waals surface area contributed by atoms with Crippen LogP contribution in [0, 0.1) is 6.92 Å². The van der Waals surface area contributed by atoms with E-state index in [4.69, 9.17) is 9.47 Å². The SMILES string of the molecule is Cc1cc(N2CCOCC2)ccc1NC(=O)COc1cccc(C(C)C)c1. The third-order valence-electron chi connectivity index (χ3n) is 4.75. The van der Waals surface area contributed by atoms with Gasteiger partial charge in [0.2, 0.25) is 0 Å². The normalized spacial score (nSPS) is 14.3. The minimum Gasteiger partial charge on any atom is -0.484 e. The number of hydrogen-bond donors (Lipinski definition) is 1. The number of anilines is 2. The molecule has 1 saturated heterocycles. The fourth-order valence-electron chi connectivity index (χ4n) is 3.10. The molecule has 5 nitrogen and oxygen atoms in total. The van der Waals surface area contributed by atoms with Crippen molar-refractivity contribution in [2.45, 2.75) is 26.7 Å². The van der Waals surface area contributed by atoms with E-state index in [1.807, 2.05) is 37.3 Å². The highest BCUT2D eigenvalue weighted by atomic mass is 16.5. The summed E-state index contributed by atoms with van der Waals surface area (Å²) < 4.78 is 11.1. The maximum absolute atomic E-state index is 12.3. The number of carbonyl (C=O) groups is 1. The minimum atomic E-state index is -0.160. The van der Waals surface area contributed by atoms with Gasteiger partial charge in [-0.2, -0.15) is 0 Å². The van der Waals surface area contributed by atoms with E-state index < -0.39 is 0 Å². The Bertz CT molecular complexity index is 783. The summed E-state index contributed by atoms with van der Waals surface area (Å²) in [6.07, 6.45) is 0. The Morgan fingerprint density at radius 2 is 1.96 bits per heavy atom. The summed E-state index contributed by atoms with van der Waals surface area (Å²) in [7, 11) is 0. The van der Waals surface area contributed by atoms with Crippen LogP contribution in [0.15, 0.2) is 42.5 Å². The Hall–Kier alpha value is -2.53. The summed E-state index contributed by atoms with van der Waals surface area (Å²) in [5.41, 5.74) is 4.21. The lowest BCUT2D eigenvalue weighted by atomic mass is 10.0. The van der Waals surface area contributed by atoms with Crippen molar-refractivity contribution in [3.63, 3.8) is 0 Å². The maximum Gasteiger partial charge on any atom is 0.262 e. The van der Waals surface area contributed by atoms with E-state index in [0.29, 0.717) is 5.92 Å². The lowest BCUT2D eigenvalue weighted by molar-refractivity contribution is -0.118. The van der Waals surface area contributed by atoms with E-state index in [9.17, 15) is 4.79 Å². The molecule has 1 aliphatic rings. The first-order chi connectivity index (χ1) is 13.0. The molecule has 1 fully saturated rings. The first-order valence-electron chi connectivity index (χ1n) is 9.49. The molecule has 0 saturated carbocycles. The number of amides is 1. The smallest absolute Gasteiger partial charge is 0.262 e. The summed E-state index contributed by atoms with van der Waals surface area (Å²) in [4.78, 5) is 14.6. The zero-order chi connectivity index (χ0) is 19.2. The molecule has 0 aromatic heterocycles. The quantitative estimate of drug-likeness (QED) is 0.838. The molecule has 27 heavy (non-hydrogen) atoms. The topological polar surface area (TPSA) is 50.8 Å². The number of aryl methyl sites for hydroxylation is 1. The highest BCUT2D eigenvalue weighted by Crippen LogP contribution is 2.24. The predicted octanol–water partition coefficient (Wildman–Crippen LogP) is 3.97. The second-order valence-electron chi connectivity index (χ2n) is 7.16. The van der Waals surface area contributed by atoms with Gasteiger partial charge in [0.15, 0.2) is 6.61 Å². The predicted molar refractivity (Wildman–Crippen MR) is 109 cm³/mol. The summed E-state index contributed by atoms with van der Waals surface area (Å²) in [6, 6.07) is 14.0. The first kappa shape index (κ1) is 19.2. The van der Waals surface area contributed by atoms with Gasteiger partial charge in [0.1, 0.15) is 5.75 Å². The van der Waals surface area contributed by atoms with Crippen LogP contribution >= 0.6 is 0 Å². The average molecular weight is 368 g/mol. The van der Waals surface area contributed by atoms with Crippen LogP contribution in [0.2, 0.25) is 0 Å². The summed E-state index contributed by atoms with van der Waals surface area (Å²) in [6.45, 7) is 9.58. The molecule has 1 aliphatic heterocycles. The van der Waals surface area contributed by atoms with Gasteiger partial charge in [-0.3, -0.25) is 4.79 Å². The van der Waals surface area contributed by atoms with Crippen molar-refractivity contribution in [2.24, 2.45) is 0 Å². The van der Waals surface area contributed by atoms with Crippen molar-refractivity contribution in [1.29, 1.82) is 0 Å². The Kier molecular flexibility index (Phi) is 6.35. The van der Waals surface area contributed by atoms with E-state index >= 15 is 0 Å². The standard InChI is InChI=1S/C22H28N2O3/c1-16(2)18-5-4-6-20(14-18)27-15-22(25)23-21-8-7-19(13-17(21)3)24-9-11-26-12-10-24/h4-8,13-14,16H,9-12,15H2,1-3H3,(H,23,25). The Labute approximate surface area is 161 Å². The Morgan fingerprint density at radius 3 is 2.67 bits per heavy atom. The second-order valence-corrected chi connectivity index (χ2v) is 7.16. The third-order valence-corrected chi connectivity index (χ3v) is 4.75. The van der Waals surface area contributed by atoms with Gasteiger partial charge >= 0.3 is 0 Å². The molecule has 0 spiro atoms. The molecule has 1 heterocycles. The number of nitrogens with zero attached hydrogens (tertiary/aromatic N) is 1. The monoisotopic (exact) mass is 368 g/mol. The van der Waals surface area contributed by atoms with Gasteiger partial charge in [-0.25, -0.2) is 0 Å². The highest BCUT2D eigenvalue weighted by Gasteiger charge is 2.13. The number of hydrogen-bond acceptors (Lipinski definition) is 4. The maximum atomic E-state index is 12.3. The van der Waals surface area contributed by atoms with Gasteiger partial charge in [0.25, 0.3) is 5.91 Å². The van der Waals surface area contributed by atoms with Crippen molar-refractivity contribution in [3.05, 3.63) is 53.6 Å². The summed E-state index contributed by atoms with van der Waals surface area (Å²) >= 11 is 0. The summed E-state index contributed by atoms with van der Waals surface area (Å²) in [5.74, 6) is 0.984. The molecule has 0 atom stereocenters. The molecule has 2 aromatic carbocycles. The highest BCUT2D eigenvalue weighted by molar-refractivity contribution is 5.92. The van der Waals surface area contributed by atoms with Crippen LogP contribution in [-0.4, -0.2) is 38.8 Å². The van der Waals surface area contributed by atoms with Crippen molar-refractivity contribution in [2.75, 3.05) is 43.1 Å². The van der Waals surface area contributed by atoms with E-state index in [0.717, 1.165) is 49.0 Å². The number of morpholine rings is 1. The lowest BCUT2D eigenvalue weighted by Gasteiger charge is -2.29. The van der Waals surface area contributed by atoms with Gasteiger partial charge < -0.3 is 19.7 Å².